The zero-order valence-corrected chi connectivity index (χ0v) is 36.9. The minimum atomic E-state index is -2.15. The first-order valence-corrected chi connectivity index (χ1v) is 22.2. The summed E-state index contributed by atoms with van der Waals surface area (Å²) in [5.41, 5.74) is 6.50. The first kappa shape index (κ1) is 56.8. The second kappa shape index (κ2) is 24.7. The summed E-state index contributed by atoms with van der Waals surface area (Å²) in [7, 11) is 0. The topological polar surface area (TPSA) is 481 Å². The molecule has 402 valence electrons. The highest BCUT2D eigenvalue weighted by atomic mass is 16.8. The van der Waals surface area contributed by atoms with Crippen molar-refractivity contribution >= 4 is 0 Å². The standard InChI is InChI=1S/C39H67NO29/c1-3-4-58-35-26(55)23(52)29(14(8-44)63-35)65-37-27(56)24(53)30(15(9-45)64-37)66-38-28(57)32(20(49)13(7-43)61-38)68-34-16(40)31(19(48)12(6-42)60-34)67-39-33(22(51)18(47)11(5-41)62-39)69-36-25(54)21(50)17(46)10(2)59-36/h3,10-39,41-57H,1,4-9,40H2,2H3/t10?,11?,12?,13?,14?,15?,16?,17-,18+,19+,20+,21+,22+,23-,24-,25?,26?,27?,28+,29-,30+,31-,32?,33?,34+,35-,36+,37+,38-,39+/m1/s1. The monoisotopic (exact) mass is 1010 g/mol. The van der Waals surface area contributed by atoms with E-state index in [0.717, 1.165) is 0 Å². The zero-order valence-electron chi connectivity index (χ0n) is 36.9. The van der Waals surface area contributed by atoms with E-state index in [2.05, 4.69) is 6.58 Å². The average molecular weight is 1010 g/mol. The largest absolute Gasteiger partial charge is 0.394 e. The number of hydrogen-bond acceptors (Lipinski definition) is 30. The minimum Gasteiger partial charge on any atom is -0.394 e. The highest BCUT2D eigenvalue weighted by Crippen LogP contribution is 2.37. The van der Waals surface area contributed by atoms with Crippen LogP contribution in [-0.4, -0.2) is 311 Å². The lowest BCUT2D eigenvalue weighted by Crippen LogP contribution is -2.69. The SMILES string of the molecule is C=CCO[C@@H]1OC(CO)[C@@H](O[C@@H]2OC(CO)[C@H](O[C@H]3OC(CO)[C@H](O)C(O[C@@H]4OC(CO)[C@H](O)[C@H](O[C@@H]5OC(CO)[C@H](O)[C@H](O)C5O[C@@H]5OC(C)[C@@H](O)[C@H](O)C5O)C4N)[C@@H]3O)[C@H](O)C2O)[C@H](O)C1O. The summed E-state index contributed by atoms with van der Waals surface area (Å²) in [5.74, 6) is 0. The summed E-state index contributed by atoms with van der Waals surface area (Å²) in [6.07, 6.45) is -50.5. The Balaban J connectivity index is 1.17. The van der Waals surface area contributed by atoms with Crippen molar-refractivity contribution in [2.45, 2.75) is 191 Å². The third-order valence-electron chi connectivity index (χ3n) is 12.8. The van der Waals surface area contributed by atoms with Gasteiger partial charge in [0.2, 0.25) is 0 Å². The summed E-state index contributed by atoms with van der Waals surface area (Å²) >= 11 is 0. The quantitative estimate of drug-likeness (QED) is 0.0567. The highest BCUT2D eigenvalue weighted by Gasteiger charge is 2.57. The van der Waals surface area contributed by atoms with Crippen molar-refractivity contribution in [1.29, 1.82) is 0 Å². The molecule has 6 aliphatic heterocycles. The van der Waals surface area contributed by atoms with Crippen LogP contribution >= 0.6 is 0 Å². The first-order chi connectivity index (χ1) is 32.8. The third kappa shape index (κ3) is 11.9. The summed E-state index contributed by atoms with van der Waals surface area (Å²) in [5, 5.41) is 182. The maximum atomic E-state index is 11.6. The van der Waals surface area contributed by atoms with E-state index < -0.39 is 217 Å². The molecular weight excluding hydrogens is 946 g/mol. The number of aliphatic hydroxyl groups excluding tert-OH is 17. The zero-order chi connectivity index (χ0) is 50.8. The van der Waals surface area contributed by atoms with Gasteiger partial charge in [-0.1, -0.05) is 6.08 Å². The fourth-order valence-electron chi connectivity index (χ4n) is 8.77. The maximum Gasteiger partial charge on any atom is 0.187 e. The van der Waals surface area contributed by atoms with E-state index in [4.69, 9.17) is 62.6 Å². The van der Waals surface area contributed by atoms with Crippen molar-refractivity contribution in [3.63, 3.8) is 0 Å². The van der Waals surface area contributed by atoms with Crippen molar-refractivity contribution in [1.82, 2.24) is 0 Å². The van der Waals surface area contributed by atoms with Gasteiger partial charge in [-0.05, 0) is 6.92 Å². The Hall–Kier alpha value is -1.46. The van der Waals surface area contributed by atoms with Crippen LogP contribution in [-0.2, 0) is 56.8 Å². The number of rotatable bonds is 18. The van der Waals surface area contributed by atoms with E-state index in [9.17, 15) is 86.8 Å². The van der Waals surface area contributed by atoms with Crippen molar-refractivity contribution < 1.29 is 144 Å². The van der Waals surface area contributed by atoms with E-state index >= 15 is 0 Å². The van der Waals surface area contributed by atoms with Crippen LogP contribution in [0.1, 0.15) is 6.92 Å². The van der Waals surface area contributed by atoms with Crippen LogP contribution in [0.5, 0.6) is 0 Å². The molecule has 0 radical (unpaired) electrons. The Kier molecular flexibility index (Phi) is 20.4. The van der Waals surface area contributed by atoms with Gasteiger partial charge in [-0.15, -0.1) is 6.58 Å². The molecule has 0 aromatic carbocycles. The molecule has 0 amide bonds. The highest BCUT2D eigenvalue weighted by molar-refractivity contribution is 5.00. The Morgan fingerprint density at radius 3 is 1.30 bits per heavy atom. The van der Waals surface area contributed by atoms with Crippen LogP contribution in [0.2, 0.25) is 0 Å². The molecule has 0 bridgehead atoms. The molecule has 0 aromatic heterocycles. The fraction of sp³-hybridized carbons (Fsp3) is 0.949. The summed E-state index contributed by atoms with van der Waals surface area (Å²) in [6.45, 7) is 0.102. The molecule has 0 spiro atoms. The van der Waals surface area contributed by atoms with Gasteiger partial charge in [-0.25, -0.2) is 0 Å². The molecule has 6 fully saturated rings. The smallest absolute Gasteiger partial charge is 0.187 e. The van der Waals surface area contributed by atoms with E-state index in [1.165, 1.54) is 13.0 Å². The molecule has 0 aromatic rings. The Bertz CT molecular complexity index is 1580. The van der Waals surface area contributed by atoms with Crippen molar-refractivity contribution in [2.75, 3.05) is 39.6 Å². The van der Waals surface area contributed by atoms with Crippen LogP contribution in [0.4, 0.5) is 0 Å². The lowest BCUT2D eigenvalue weighted by atomic mass is 9.94. The van der Waals surface area contributed by atoms with E-state index in [1.807, 2.05) is 0 Å². The normalized spacial score (nSPS) is 52.1. The van der Waals surface area contributed by atoms with Gasteiger partial charge in [-0.2, -0.15) is 0 Å². The lowest BCUT2D eigenvalue weighted by molar-refractivity contribution is -0.392. The van der Waals surface area contributed by atoms with Crippen molar-refractivity contribution in [2.24, 2.45) is 5.73 Å². The van der Waals surface area contributed by atoms with E-state index in [1.54, 1.807) is 0 Å². The van der Waals surface area contributed by atoms with Crippen LogP contribution in [0.15, 0.2) is 12.7 Å². The van der Waals surface area contributed by atoms with E-state index in [0.29, 0.717) is 0 Å². The molecule has 6 rings (SSSR count). The molecular formula is C39H67NO29. The third-order valence-corrected chi connectivity index (χ3v) is 12.8. The van der Waals surface area contributed by atoms with Crippen LogP contribution < -0.4 is 5.73 Å². The first-order valence-electron chi connectivity index (χ1n) is 22.2. The van der Waals surface area contributed by atoms with Gasteiger partial charge in [0.25, 0.3) is 0 Å². The number of ether oxygens (including phenoxy) is 12. The van der Waals surface area contributed by atoms with Gasteiger partial charge in [0.05, 0.1) is 51.8 Å². The Morgan fingerprint density at radius 1 is 0.377 bits per heavy atom. The molecule has 30 atom stereocenters. The van der Waals surface area contributed by atoms with Gasteiger partial charge in [0, 0.05) is 0 Å². The predicted molar refractivity (Wildman–Crippen MR) is 214 cm³/mol. The van der Waals surface area contributed by atoms with Gasteiger partial charge in [0.1, 0.15) is 134 Å². The average Bonchev–Trinajstić information content (AvgIpc) is 3.34. The van der Waals surface area contributed by atoms with Gasteiger partial charge in [-0.3, -0.25) is 0 Å². The van der Waals surface area contributed by atoms with Gasteiger partial charge < -0.3 is 149 Å². The summed E-state index contributed by atoms with van der Waals surface area (Å²) < 4.78 is 68.0. The number of aliphatic hydroxyl groups is 17. The molecule has 6 saturated heterocycles. The Morgan fingerprint density at radius 2 is 0.754 bits per heavy atom. The fourth-order valence-corrected chi connectivity index (χ4v) is 8.77. The Labute approximate surface area is 392 Å². The molecule has 0 saturated carbocycles. The molecule has 30 nitrogen and oxygen atoms in total. The van der Waals surface area contributed by atoms with E-state index in [-0.39, 0.29) is 6.61 Å². The molecule has 69 heavy (non-hydrogen) atoms. The summed E-state index contributed by atoms with van der Waals surface area (Å²) in [6, 6.07) is -1.73. The van der Waals surface area contributed by atoms with Gasteiger partial charge in [0.15, 0.2) is 37.7 Å². The lowest BCUT2D eigenvalue weighted by Gasteiger charge is -2.50. The number of nitrogens with two attached hydrogens (primary N) is 1. The van der Waals surface area contributed by atoms with Gasteiger partial charge >= 0.3 is 0 Å². The van der Waals surface area contributed by atoms with Crippen LogP contribution in [0, 0.1) is 0 Å². The predicted octanol–water partition coefficient (Wildman–Crippen LogP) is -11.9. The van der Waals surface area contributed by atoms with Crippen LogP contribution in [0.3, 0.4) is 0 Å². The molecule has 30 heteroatoms. The van der Waals surface area contributed by atoms with Crippen molar-refractivity contribution in [3.8, 4) is 0 Å². The minimum absolute atomic E-state index is 0.101. The molecule has 6 aliphatic rings. The molecule has 19 N–H and O–H groups in total. The second-order valence-corrected chi connectivity index (χ2v) is 17.4. The maximum absolute atomic E-state index is 11.6. The second-order valence-electron chi connectivity index (χ2n) is 17.4. The molecule has 6 heterocycles. The molecule has 0 aliphatic carbocycles. The van der Waals surface area contributed by atoms with Crippen LogP contribution in [0.25, 0.3) is 0 Å². The number of hydrogen-bond donors (Lipinski definition) is 18. The summed E-state index contributed by atoms with van der Waals surface area (Å²) in [4.78, 5) is 0. The van der Waals surface area contributed by atoms with Crippen molar-refractivity contribution in [3.05, 3.63) is 12.7 Å². The molecule has 12 unspecified atom stereocenters.